The standard InChI is InChI=1S/C12H18N2O2/c1-9-5-6-11(16-9)12(15)14(2)8-10-4-3-7-13-10/h5-6,10,13H,3-4,7-8H2,1-2H3. The smallest absolute Gasteiger partial charge is 0.289 e. The Kier molecular flexibility index (Phi) is 3.29. The molecule has 0 bridgehead atoms. The van der Waals surface area contributed by atoms with Gasteiger partial charge in [0.15, 0.2) is 5.76 Å². The molecule has 0 radical (unpaired) electrons. The van der Waals surface area contributed by atoms with Crippen molar-refractivity contribution in [3.05, 3.63) is 23.7 Å². The molecule has 1 amide bonds. The lowest BCUT2D eigenvalue weighted by molar-refractivity contribution is 0.0751. The summed E-state index contributed by atoms with van der Waals surface area (Å²) in [4.78, 5) is 13.7. The van der Waals surface area contributed by atoms with E-state index in [1.807, 2.05) is 20.0 Å². The summed E-state index contributed by atoms with van der Waals surface area (Å²) >= 11 is 0. The van der Waals surface area contributed by atoms with Crippen LogP contribution in [0.4, 0.5) is 0 Å². The molecule has 2 heterocycles. The molecule has 0 spiro atoms. The molecule has 1 N–H and O–H groups in total. The number of amides is 1. The van der Waals surface area contributed by atoms with Gasteiger partial charge in [-0.15, -0.1) is 0 Å². The zero-order valence-corrected chi connectivity index (χ0v) is 9.82. The molecule has 16 heavy (non-hydrogen) atoms. The Labute approximate surface area is 95.6 Å². The molecule has 0 aromatic carbocycles. The van der Waals surface area contributed by atoms with Crippen molar-refractivity contribution in [2.75, 3.05) is 20.1 Å². The first-order valence-corrected chi connectivity index (χ1v) is 5.72. The maximum Gasteiger partial charge on any atom is 0.289 e. The molecule has 1 saturated heterocycles. The number of rotatable bonds is 3. The minimum Gasteiger partial charge on any atom is -0.456 e. The number of nitrogens with one attached hydrogen (secondary N) is 1. The fourth-order valence-corrected chi connectivity index (χ4v) is 2.06. The van der Waals surface area contributed by atoms with Gasteiger partial charge in [0.25, 0.3) is 5.91 Å². The number of hydrogen-bond acceptors (Lipinski definition) is 3. The van der Waals surface area contributed by atoms with Crippen molar-refractivity contribution in [2.45, 2.75) is 25.8 Å². The molecular weight excluding hydrogens is 204 g/mol. The normalized spacial score (nSPS) is 20.0. The van der Waals surface area contributed by atoms with Gasteiger partial charge in [-0.3, -0.25) is 4.79 Å². The number of nitrogens with zero attached hydrogens (tertiary/aromatic N) is 1. The molecule has 1 atom stereocenters. The predicted octanol–water partition coefficient (Wildman–Crippen LogP) is 1.41. The number of carbonyl (C=O) groups excluding carboxylic acids is 1. The SMILES string of the molecule is Cc1ccc(C(=O)N(C)CC2CCCN2)o1. The van der Waals surface area contributed by atoms with Crippen LogP contribution in [0.15, 0.2) is 16.5 Å². The number of likely N-dealkylation sites (N-methyl/N-ethyl adjacent to an activating group) is 1. The number of hydrogen-bond donors (Lipinski definition) is 1. The first kappa shape index (κ1) is 11.2. The predicted molar refractivity (Wildman–Crippen MR) is 61.4 cm³/mol. The van der Waals surface area contributed by atoms with Gasteiger partial charge in [0.05, 0.1) is 0 Å². The molecule has 4 nitrogen and oxygen atoms in total. The highest BCUT2D eigenvalue weighted by Crippen LogP contribution is 2.11. The highest BCUT2D eigenvalue weighted by Gasteiger charge is 2.21. The second-order valence-corrected chi connectivity index (χ2v) is 4.39. The molecule has 1 aromatic heterocycles. The van der Waals surface area contributed by atoms with Gasteiger partial charge in [-0.25, -0.2) is 0 Å². The van der Waals surface area contributed by atoms with Crippen molar-refractivity contribution in [3.8, 4) is 0 Å². The molecular formula is C12H18N2O2. The van der Waals surface area contributed by atoms with Crippen LogP contribution in [0, 0.1) is 6.92 Å². The van der Waals surface area contributed by atoms with Crippen LogP contribution in [0.25, 0.3) is 0 Å². The Balaban J connectivity index is 1.93. The van der Waals surface area contributed by atoms with Gasteiger partial charge < -0.3 is 14.6 Å². The van der Waals surface area contributed by atoms with Gasteiger partial charge in [0, 0.05) is 19.6 Å². The molecule has 0 saturated carbocycles. The van der Waals surface area contributed by atoms with Crippen molar-refractivity contribution < 1.29 is 9.21 Å². The van der Waals surface area contributed by atoms with E-state index in [1.165, 1.54) is 6.42 Å². The average Bonchev–Trinajstić information content (AvgIpc) is 2.88. The summed E-state index contributed by atoms with van der Waals surface area (Å²) in [6.45, 7) is 3.65. The van der Waals surface area contributed by atoms with Crippen LogP contribution in [-0.4, -0.2) is 37.0 Å². The quantitative estimate of drug-likeness (QED) is 0.841. The van der Waals surface area contributed by atoms with Gasteiger partial charge in [-0.1, -0.05) is 0 Å². The Morgan fingerprint density at radius 3 is 3.00 bits per heavy atom. The molecule has 1 unspecified atom stereocenters. The third kappa shape index (κ3) is 2.44. The van der Waals surface area contributed by atoms with Gasteiger partial charge in [-0.2, -0.15) is 0 Å². The van der Waals surface area contributed by atoms with E-state index in [4.69, 9.17) is 4.42 Å². The van der Waals surface area contributed by atoms with Crippen LogP contribution in [0.3, 0.4) is 0 Å². The minimum absolute atomic E-state index is 0.0400. The zero-order valence-electron chi connectivity index (χ0n) is 9.82. The Hall–Kier alpha value is -1.29. The lowest BCUT2D eigenvalue weighted by atomic mass is 10.2. The number of carbonyl (C=O) groups is 1. The summed E-state index contributed by atoms with van der Waals surface area (Å²) in [6, 6.07) is 3.98. The van der Waals surface area contributed by atoms with Crippen molar-refractivity contribution in [1.29, 1.82) is 0 Å². The highest BCUT2D eigenvalue weighted by molar-refractivity contribution is 5.91. The Bertz CT molecular complexity index is 367. The number of furan rings is 1. The summed E-state index contributed by atoms with van der Waals surface area (Å²) in [5, 5.41) is 3.37. The monoisotopic (exact) mass is 222 g/mol. The fraction of sp³-hybridized carbons (Fsp3) is 0.583. The Morgan fingerprint density at radius 1 is 1.62 bits per heavy atom. The second kappa shape index (κ2) is 4.70. The van der Waals surface area contributed by atoms with Crippen LogP contribution in [0.2, 0.25) is 0 Å². The minimum atomic E-state index is -0.0400. The van der Waals surface area contributed by atoms with E-state index >= 15 is 0 Å². The van der Waals surface area contributed by atoms with E-state index in [2.05, 4.69) is 5.32 Å². The van der Waals surface area contributed by atoms with Crippen LogP contribution in [0.1, 0.15) is 29.2 Å². The van der Waals surface area contributed by atoms with Crippen LogP contribution in [-0.2, 0) is 0 Å². The molecule has 1 aromatic rings. The summed E-state index contributed by atoms with van der Waals surface area (Å²) in [6.07, 6.45) is 2.35. The van der Waals surface area contributed by atoms with E-state index < -0.39 is 0 Å². The average molecular weight is 222 g/mol. The zero-order chi connectivity index (χ0) is 11.5. The fourth-order valence-electron chi connectivity index (χ4n) is 2.06. The van der Waals surface area contributed by atoms with E-state index in [0.717, 1.165) is 25.3 Å². The molecule has 1 fully saturated rings. The van der Waals surface area contributed by atoms with Gasteiger partial charge in [0.1, 0.15) is 5.76 Å². The van der Waals surface area contributed by atoms with Crippen LogP contribution >= 0.6 is 0 Å². The topological polar surface area (TPSA) is 45.5 Å². The summed E-state index contributed by atoms with van der Waals surface area (Å²) in [5.41, 5.74) is 0. The van der Waals surface area contributed by atoms with Crippen molar-refractivity contribution in [2.24, 2.45) is 0 Å². The lowest BCUT2D eigenvalue weighted by Crippen LogP contribution is -2.38. The van der Waals surface area contributed by atoms with Gasteiger partial charge in [0.2, 0.25) is 0 Å². The van der Waals surface area contributed by atoms with E-state index in [-0.39, 0.29) is 5.91 Å². The number of aryl methyl sites for hydroxylation is 1. The van der Waals surface area contributed by atoms with Gasteiger partial charge >= 0.3 is 0 Å². The largest absolute Gasteiger partial charge is 0.456 e. The lowest BCUT2D eigenvalue weighted by Gasteiger charge is -2.20. The van der Waals surface area contributed by atoms with Crippen molar-refractivity contribution in [1.82, 2.24) is 10.2 Å². The molecule has 4 heteroatoms. The maximum absolute atomic E-state index is 12.0. The molecule has 1 aliphatic heterocycles. The second-order valence-electron chi connectivity index (χ2n) is 4.39. The molecule has 88 valence electrons. The highest BCUT2D eigenvalue weighted by atomic mass is 16.3. The maximum atomic E-state index is 12.0. The first-order valence-electron chi connectivity index (χ1n) is 5.72. The molecule has 1 aliphatic rings. The van der Waals surface area contributed by atoms with Crippen LogP contribution in [0.5, 0.6) is 0 Å². The van der Waals surface area contributed by atoms with Crippen molar-refractivity contribution >= 4 is 5.91 Å². The first-order chi connectivity index (χ1) is 7.66. The summed E-state index contributed by atoms with van der Waals surface area (Å²) < 4.78 is 5.32. The van der Waals surface area contributed by atoms with E-state index in [9.17, 15) is 4.79 Å². The third-order valence-electron chi connectivity index (χ3n) is 2.95. The van der Waals surface area contributed by atoms with Gasteiger partial charge in [-0.05, 0) is 38.4 Å². The van der Waals surface area contributed by atoms with E-state index in [0.29, 0.717) is 11.8 Å². The summed E-state index contributed by atoms with van der Waals surface area (Å²) in [7, 11) is 1.82. The van der Waals surface area contributed by atoms with E-state index in [1.54, 1.807) is 11.0 Å². The third-order valence-corrected chi connectivity index (χ3v) is 2.95. The van der Waals surface area contributed by atoms with Crippen molar-refractivity contribution in [3.63, 3.8) is 0 Å². The Morgan fingerprint density at radius 2 is 2.44 bits per heavy atom. The molecule has 0 aliphatic carbocycles. The molecule has 2 rings (SSSR count). The van der Waals surface area contributed by atoms with Crippen LogP contribution < -0.4 is 5.32 Å². The summed E-state index contributed by atoms with van der Waals surface area (Å²) in [5.74, 6) is 1.16.